The van der Waals surface area contributed by atoms with E-state index in [9.17, 15) is 19.5 Å². The minimum atomic E-state index is -2.35. The Morgan fingerprint density at radius 1 is 1.27 bits per heavy atom. The molecule has 1 unspecified atom stereocenters. The monoisotopic (exact) mass is 577 g/mol. The van der Waals surface area contributed by atoms with E-state index in [1.54, 1.807) is 19.9 Å². The second kappa shape index (κ2) is 10.8. The highest BCUT2D eigenvalue weighted by Gasteiger charge is 2.78. The molecule has 4 rings (SSSR count). The highest BCUT2D eigenvalue weighted by atomic mass is 19.1. The first-order valence-corrected chi connectivity index (χ1v) is 14.5. The van der Waals surface area contributed by atoms with Gasteiger partial charge in [-0.1, -0.05) is 47.1 Å². The first-order valence-electron chi connectivity index (χ1n) is 14.5. The van der Waals surface area contributed by atoms with Crippen molar-refractivity contribution in [3.8, 4) is 6.07 Å². The quantitative estimate of drug-likeness (QED) is 0.383. The summed E-state index contributed by atoms with van der Waals surface area (Å²) in [7, 11) is 0. The Morgan fingerprint density at radius 2 is 1.95 bits per heavy atom. The molecule has 0 bridgehead atoms. The molecule has 2 saturated carbocycles. The molecular weight excluding hydrogens is 536 g/mol. The number of rotatable bonds is 7. The van der Waals surface area contributed by atoms with Crippen molar-refractivity contribution >= 4 is 17.9 Å². The minimum absolute atomic E-state index is 0.0284. The molecule has 10 heteroatoms. The fourth-order valence-electron chi connectivity index (χ4n) is 8.49. The van der Waals surface area contributed by atoms with Crippen LogP contribution in [0.3, 0.4) is 0 Å². The summed E-state index contributed by atoms with van der Waals surface area (Å²) in [5.74, 6) is -4.51. The largest absolute Gasteiger partial charge is 0.509 e. The molecule has 0 aliphatic heterocycles. The van der Waals surface area contributed by atoms with Gasteiger partial charge >= 0.3 is 12.1 Å². The van der Waals surface area contributed by atoms with Crippen LogP contribution in [0.1, 0.15) is 80.1 Å². The number of ketones is 1. The van der Waals surface area contributed by atoms with Crippen LogP contribution in [0.25, 0.3) is 0 Å². The van der Waals surface area contributed by atoms with Crippen LogP contribution in [0.2, 0.25) is 0 Å². The molecule has 226 valence electrons. The number of alkyl halides is 1. The van der Waals surface area contributed by atoms with Gasteiger partial charge in [-0.3, -0.25) is 4.79 Å². The number of hydrogen-bond donors (Lipinski definition) is 1. The van der Waals surface area contributed by atoms with Gasteiger partial charge < -0.3 is 19.3 Å². The maximum Gasteiger partial charge on any atom is 0.509 e. The number of carbonyl (C=O) groups is 3. The predicted octanol–water partition coefficient (Wildman–Crippen LogP) is 5.68. The standard InChI is InChI=1S/C31H41F2NO7/c1-7-8-24(17(2)3)40-27(38)41-31(26(37)39-12-11-34)18(4)13-20-21-15-23(32)22-14-19(35)9-10-28(22,5)30(21,33)25(36)16-29(20,31)6/h9-10,17-18,20-21,24-25,36H,7-8,12-16H2,1-6H3/t18-,20+,21+,24?,25+,28+,29+,30+,31+/m1/s1. The molecule has 8 nitrogen and oxygen atoms in total. The molecule has 0 aromatic heterocycles. The van der Waals surface area contributed by atoms with E-state index in [0.29, 0.717) is 6.42 Å². The Balaban J connectivity index is 1.81. The number of nitriles is 1. The topological polar surface area (TPSA) is 123 Å². The molecule has 0 aromatic rings. The van der Waals surface area contributed by atoms with Crippen molar-refractivity contribution in [2.24, 2.45) is 34.5 Å². The second-order valence-electron chi connectivity index (χ2n) is 13.0. The number of aliphatic hydroxyl groups is 1. The van der Waals surface area contributed by atoms with Crippen molar-refractivity contribution in [3.63, 3.8) is 0 Å². The first kappa shape index (κ1) is 31.1. The molecule has 0 heterocycles. The third-order valence-corrected chi connectivity index (χ3v) is 10.6. The van der Waals surface area contributed by atoms with Crippen LogP contribution in [0.4, 0.5) is 13.6 Å². The molecule has 41 heavy (non-hydrogen) atoms. The van der Waals surface area contributed by atoms with Crippen molar-refractivity contribution in [2.75, 3.05) is 6.61 Å². The fourth-order valence-corrected chi connectivity index (χ4v) is 8.49. The average molecular weight is 578 g/mol. The normalized spacial score (nSPS) is 40.3. The Labute approximate surface area is 240 Å². The summed E-state index contributed by atoms with van der Waals surface area (Å²) in [5, 5.41) is 20.7. The second-order valence-corrected chi connectivity index (χ2v) is 13.0. The van der Waals surface area contributed by atoms with Gasteiger partial charge in [0.05, 0.1) is 6.10 Å². The minimum Gasteiger partial charge on any atom is -0.447 e. The van der Waals surface area contributed by atoms with Crippen molar-refractivity contribution in [1.29, 1.82) is 5.26 Å². The fraction of sp³-hybridized carbons (Fsp3) is 0.742. The highest BCUT2D eigenvalue weighted by molar-refractivity contribution is 5.93. The number of allylic oxidation sites excluding steroid dienone is 4. The molecule has 0 spiro atoms. The number of fused-ring (bicyclic) bond motifs is 5. The molecule has 0 amide bonds. The summed E-state index contributed by atoms with van der Waals surface area (Å²) in [6.07, 6.45) is -0.142. The third kappa shape index (κ3) is 4.41. The van der Waals surface area contributed by atoms with E-state index in [4.69, 9.17) is 19.5 Å². The molecule has 0 saturated heterocycles. The van der Waals surface area contributed by atoms with E-state index in [0.717, 1.165) is 6.42 Å². The summed E-state index contributed by atoms with van der Waals surface area (Å²) in [5.41, 5.74) is -7.31. The molecule has 0 radical (unpaired) electrons. The lowest BCUT2D eigenvalue weighted by atomic mass is 9.45. The average Bonchev–Trinajstić information content (AvgIpc) is 3.11. The van der Waals surface area contributed by atoms with E-state index in [-0.39, 0.29) is 43.0 Å². The number of nitrogens with zero attached hydrogens (tertiary/aromatic N) is 1. The maximum atomic E-state index is 17.5. The Kier molecular flexibility index (Phi) is 8.20. The van der Waals surface area contributed by atoms with Gasteiger partial charge in [-0.05, 0) is 49.7 Å². The third-order valence-electron chi connectivity index (χ3n) is 10.6. The van der Waals surface area contributed by atoms with Crippen LogP contribution in [0.5, 0.6) is 0 Å². The van der Waals surface area contributed by atoms with Gasteiger partial charge in [-0.15, -0.1) is 0 Å². The molecule has 4 aliphatic carbocycles. The van der Waals surface area contributed by atoms with Gasteiger partial charge in [0.2, 0.25) is 5.60 Å². The van der Waals surface area contributed by atoms with Crippen LogP contribution < -0.4 is 0 Å². The van der Waals surface area contributed by atoms with E-state index < -0.39 is 76.6 Å². The summed E-state index contributed by atoms with van der Waals surface area (Å²) in [6.45, 7) is 9.94. The molecular formula is C31H41F2NO7. The Hall–Kier alpha value is -2.80. The van der Waals surface area contributed by atoms with Crippen LogP contribution in [0.15, 0.2) is 23.6 Å². The zero-order valence-electron chi connectivity index (χ0n) is 24.7. The van der Waals surface area contributed by atoms with E-state index in [1.807, 2.05) is 20.8 Å². The summed E-state index contributed by atoms with van der Waals surface area (Å²) < 4.78 is 50.1. The molecule has 4 aliphatic rings. The van der Waals surface area contributed by atoms with E-state index >= 15 is 8.78 Å². The smallest absolute Gasteiger partial charge is 0.447 e. The number of ether oxygens (including phenoxy) is 3. The summed E-state index contributed by atoms with van der Waals surface area (Å²) >= 11 is 0. The number of aliphatic hydroxyl groups excluding tert-OH is 1. The maximum absolute atomic E-state index is 17.5. The van der Waals surface area contributed by atoms with Crippen molar-refractivity contribution in [1.82, 2.24) is 0 Å². The first-order chi connectivity index (χ1) is 19.1. The summed E-state index contributed by atoms with van der Waals surface area (Å²) in [6, 6.07) is 1.75. The number of carbonyl (C=O) groups excluding carboxylic acids is 3. The van der Waals surface area contributed by atoms with Gasteiger partial charge in [-0.25, -0.2) is 18.4 Å². The predicted molar refractivity (Wildman–Crippen MR) is 143 cm³/mol. The lowest BCUT2D eigenvalue weighted by Gasteiger charge is -2.62. The van der Waals surface area contributed by atoms with Crippen molar-refractivity contribution in [3.05, 3.63) is 23.6 Å². The molecule has 9 atom stereocenters. The molecule has 0 aromatic carbocycles. The summed E-state index contributed by atoms with van der Waals surface area (Å²) in [4.78, 5) is 39.3. The van der Waals surface area contributed by atoms with Crippen LogP contribution in [-0.2, 0) is 23.8 Å². The Bertz CT molecular complexity index is 1210. The zero-order valence-corrected chi connectivity index (χ0v) is 24.7. The van der Waals surface area contributed by atoms with E-state index in [2.05, 4.69) is 0 Å². The molecule has 2 fully saturated rings. The van der Waals surface area contributed by atoms with Crippen molar-refractivity contribution < 1.29 is 42.5 Å². The van der Waals surface area contributed by atoms with Gasteiger partial charge in [0.1, 0.15) is 18.0 Å². The van der Waals surface area contributed by atoms with E-state index in [1.165, 1.54) is 19.1 Å². The van der Waals surface area contributed by atoms with Crippen LogP contribution in [0, 0.1) is 45.8 Å². The number of halogens is 2. The van der Waals surface area contributed by atoms with Gasteiger partial charge in [-0.2, -0.15) is 5.26 Å². The van der Waals surface area contributed by atoms with Gasteiger partial charge in [0, 0.05) is 35.5 Å². The Morgan fingerprint density at radius 3 is 2.56 bits per heavy atom. The lowest BCUT2D eigenvalue weighted by molar-refractivity contribution is -0.229. The number of esters is 1. The van der Waals surface area contributed by atoms with Crippen LogP contribution >= 0.6 is 0 Å². The van der Waals surface area contributed by atoms with Crippen LogP contribution in [-0.4, -0.2) is 53.1 Å². The van der Waals surface area contributed by atoms with Gasteiger partial charge in [0.25, 0.3) is 0 Å². The molecule has 1 N–H and O–H groups in total. The number of hydrogen-bond acceptors (Lipinski definition) is 8. The lowest BCUT2D eigenvalue weighted by Crippen LogP contribution is -2.70. The highest BCUT2D eigenvalue weighted by Crippen LogP contribution is 2.71. The van der Waals surface area contributed by atoms with Crippen molar-refractivity contribution in [2.45, 2.75) is 104 Å². The van der Waals surface area contributed by atoms with Gasteiger partial charge in [0.15, 0.2) is 18.1 Å². The SMILES string of the molecule is CCCC(OC(=O)O[C@]1(C(=O)OCC#N)[C@H](C)C[C@H]2[C@@H]3CC(F)=C4CC(=O)C=C[C@]4(C)[C@@]3(F)[C@@H](O)C[C@@]21C)C(C)C. The zero-order chi connectivity index (χ0) is 30.5.